The van der Waals surface area contributed by atoms with Crippen molar-refractivity contribution in [2.45, 2.75) is 6.92 Å². The van der Waals surface area contributed by atoms with Gasteiger partial charge in [-0.15, -0.1) is 11.3 Å². The Hall–Kier alpha value is -1.93. The van der Waals surface area contributed by atoms with Crippen molar-refractivity contribution in [2.75, 3.05) is 0 Å². The zero-order chi connectivity index (χ0) is 12.5. The summed E-state index contributed by atoms with van der Waals surface area (Å²) in [6, 6.07) is 14.3. The van der Waals surface area contributed by atoms with Gasteiger partial charge in [-0.2, -0.15) is 0 Å². The zero-order valence-corrected chi connectivity index (χ0v) is 10.8. The molecule has 18 heavy (non-hydrogen) atoms. The second kappa shape index (κ2) is 4.39. The van der Waals surface area contributed by atoms with Crippen LogP contribution in [0.5, 0.6) is 0 Å². The molecule has 1 aromatic heterocycles. The van der Waals surface area contributed by atoms with Gasteiger partial charge in [0.05, 0.1) is 0 Å². The van der Waals surface area contributed by atoms with Crippen LogP contribution in [0.3, 0.4) is 0 Å². The van der Waals surface area contributed by atoms with E-state index in [1.54, 1.807) is 11.3 Å². The standard InChI is InChI=1S/C16H12OS/c1-11-5-6-13(10-17)15(9-11)14-4-2-3-12-7-8-18-16(12)14/h2-10H,1H3. The highest BCUT2D eigenvalue weighted by Gasteiger charge is 2.09. The molecule has 88 valence electrons. The molecule has 0 saturated carbocycles. The number of fused-ring (bicyclic) bond motifs is 1. The molecule has 2 aromatic carbocycles. The minimum atomic E-state index is 0.751. The van der Waals surface area contributed by atoms with Crippen LogP contribution in [0.15, 0.2) is 47.8 Å². The maximum absolute atomic E-state index is 11.2. The van der Waals surface area contributed by atoms with Gasteiger partial charge in [-0.05, 0) is 29.3 Å². The largest absolute Gasteiger partial charge is 0.298 e. The van der Waals surface area contributed by atoms with Crippen molar-refractivity contribution < 1.29 is 4.79 Å². The van der Waals surface area contributed by atoms with Gasteiger partial charge in [0.1, 0.15) is 0 Å². The molecule has 2 heteroatoms. The summed E-state index contributed by atoms with van der Waals surface area (Å²) in [6.45, 7) is 2.05. The Morgan fingerprint density at radius 3 is 2.78 bits per heavy atom. The van der Waals surface area contributed by atoms with Crippen LogP contribution in [0.2, 0.25) is 0 Å². The molecule has 0 saturated heterocycles. The van der Waals surface area contributed by atoms with Gasteiger partial charge in [0.2, 0.25) is 0 Å². The van der Waals surface area contributed by atoms with E-state index >= 15 is 0 Å². The lowest BCUT2D eigenvalue weighted by atomic mass is 9.97. The van der Waals surface area contributed by atoms with E-state index in [1.807, 2.05) is 25.1 Å². The molecule has 0 unspecified atom stereocenters. The quantitative estimate of drug-likeness (QED) is 0.605. The Morgan fingerprint density at radius 2 is 1.94 bits per heavy atom. The van der Waals surface area contributed by atoms with Gasteiger partial charge >= 0.3 is 0 Å². The first-order valence-electron chi connectivity index (χ1n) is 5.82. The molecule has 0 aliphatic heterocycles. The van der Waals surface area contributed by atoms with Crippen LogP contribution < -0.4 is 0 Å². The topological polar surface area (TPSA) is 17.1 Å². The van der Waals surface area contributed by atoms with E-state index in [4.69, 9.17) is 0 Å². The van der Waals surface area contributed by atoms with Crippen molar-refractivity contribution in [2.24, 2.45) is 0 Å². The van der Waals surface area contributed by atoms with Crippen LogP contribution in [0.1, 0.15) is 15.9 Å². The first-order valence-corrected chi connectivity index (χ1v) is 6.70. The Labute approximate surface area is 110 Å². The highest BCUT2D eigenvalue weighted by molar-refractivity contribution is 7.17. The average molecular weight is 252 g/mol. The highest BCUT2D eigenvalue weighted by atomic mass is 32.1. The number of aryl methyl sites for hydroxylation is 1. The fourth-order valence-electron chi connectivity index (χ4n) is 2.21. The number of hydrogen-bond acceptors (Lipinski definition) is 2. The van der Waals surface area contributed by atoms with Gasteiger partial charge in [0, 0.05) is 15.8 Å². The van der Waals surface area contributed by atoms with Gasteiger partial charge in [-0.3, -0.25) is 4.79 Å². The maximum atomic E-state index is 11.2. The van der Waals surface area contributed by atoms with Crippen LogP contribution in [0, 0.1) is 6.92 Å². The first kappa shape index (κ1) is 11.2. The second-order valence-electron chi connectivity index (χ2n) is 4.35. The molecule has 3 rings (SSSR count). The van der Waals surface area contributed by atoms with Crippen molar-refractivity contribution in [3.63, 3.8) is 0 Å². The minimum absolute atomic E-state index is 0.751. The molecule has 0 fully saturated rings. The summed E-state index contributed by atoms with van der Waals surface area (Å²) in [7, 11) is 0. The second-order valence-corrected chi connectivity index (χ2v) is 5.27. The molecule has 0 atom stereocenters. The molecule has 1 heterocycles. The van der Waals surface area contributed by atoms with E-state index in [-0.39, 0.29) is 0 Å². The van der Waals surface area contributed by atoms with Crippen molar-refractivity contribution >= 4 is 27.7 Å². The predicted octanol–water partition coefficient (Wildman–Crippen LogP) is 4.69. The van der Waals surface area contributed by atoms with Gasteiger partial charge < -0.3 is 0 Å². The number of carbonyl (C=O) groups is 1. The molecule has 0 aliphatic carbocycles. The molecule has 0 amide bonds. The lowest BCUT2D eigenvalue weighted by Crippen LogP contribution is -1.88. The van der Waals surface area contributed by atoms with E-state index in [0.29, 0.717) is 0 Å². The number of rotatable bonds is 2. The number of hydrogen-bond donors (Lipinski definition) is 0. The van der Waals surface area contributed by atoms with Gasteiger partial charge in [-0.1, -0.05) is 42.0 Å². The predicted molar refractivity (Wildman–Crippen MR) is 77.4 cm³/mol. The summed E-state index contributed by atoms with van der Waals surface area (Å²) in [5.41, 5.74) is 4.09. The van der Waals surface area contributed by atoms with Crippen molar-refractivity contribution in [1.29, 1.82) is 0 Å². The Kier molecular flexibility index (Phi) is 2.73. The molecule has 0 aliphatic rings. The Morgan fingerprint density at radius 1 is 1.06 bits per heavy atom. The molecule has 3 aromatic rings. The molecular formula is C16H12OS. The van der Waals surface area contributed by atoms with Crippen LogP contribution in [-0.4, -0.2) is 6.29 Å². The SMILES string of the molecule is Cc1ccc(C=O)c(-c2cccc3ccsc23)c1. The van der Waals surface area contributed by atoms with E-state index < -0.39 is 0 Å². The number of aldehydes is 1. The van der Waals surface area contributed by atoms with Gasteiger partial charge in [0.25, 0.3) is 0 Å². The fraction of sp³-hybridized carbons (Fsp3) is 0.0625. The fourth-order valence-corrected chi connectivity index (χ4v) is 3.14. The molecule has 0 radical (unpaired) electrons. The van der Waals surface area contributed by atoms with Crippen LogP contribution in [0.25, 0.3) is 21.2 Å². The third-order valence-electron chi connectivity index (χ3n) is 3.10. The summed E-state index contributed by atoms with van der Waals surface area (Å²) in [6.07, 6.45) is 0.932. The van der Waals surface area contributed by atoms with Crippen LogP contribution in [-0.2, 0) is 0 Å². The van der Waals surface area contributed by atoms with Crippen LogP contribution >= 0.6 is 11.3 Å². The summed E-state index contributed by atoms with van der Waals surface area (Å²) >= 11 is 1.72. The average Bonchev–Trinajstić information content (AvgIpc) is 2.86. The van der Waals surface area contributed by atoms with Gasteiger partial charge in [-0.25, -0.2) is 0 Å². The van der Waals surface area contributed by atoms with E-state index in [1.165, 1.54) is 15.6 Å². The van der Waals surface area contributed by atoms with Gasteiger partial charge in [0.15, 0.2) is 6.29 Å². The highest BCUT2D eigenvalue weighted by Crippen LogP contribution is 2.34. The summed E-state index contributed by atoms with van der Waals surface area (Å²) in [5.74, 6) is 0. The van der Waals surface area contributed by atoms with Crippen molar-refractivity contribution in [1.82, 2.24) is 0 Å². The van der Waals surface area contributed by atoms with Crippen LogP contribution in [0.4, 0.5) is 0 Å². The third-order valence-corrected chi connectivity index (χ3v) is 4.07. The minimum Gasteiger partial charge on any atom is -0.298 e. The lowest BCUT2D eigenvalue weighted by molar-refractivity contribution is 0.112. The monoisotopic (exact) mass is 252 g/mol. The van der Waals surface area contributed by atoms with E-state index in [2.05, 4.69) is 29.6 Å². The zero-order valence-electron chi connectivity index (χ0n) is 10.0. The maximum Gasteiger partial charge on any atom is 0.150 e. The van der Waals surface area contributed by atoms with Crippen molar-refractivity contribution in [3.8, 4) is 11.1 Å². The number of benzene rings is 2. The summed E-state index contributed by atoms with van der Waals surface area (Å²) in [5, 5.41) is 3.32. The molecular weight excluding hydrogens is 240 g/mol. The molecule has 0 spiro atoms. The van der Waals surface area contributed by atoms with E-state index in [9.17, 15) is 4.79 Å². The molecule has 1 nitrogen and oxygen atoms in total. The molecule has 0 bridgehead atoms. The van der Waals surface area contributed by atoms with Crippen molar-refractivity contribution in [3.05, 3.63) is 59.0 Å². The number of thiophene rings is 1. The summed E-state index contributed by atoms with van der Waals surface area (Å²) < 4.78 is 1.24. The Balaban J connectivity index is 2.35. The first-order chi connectivity index (χ1) is 8.79. The summed E-state index contributed by atoms with van der Waals surface area (Å²) in [4.78, 5) is 11.2. The number of carbonyl (C=O) groups excluding carboxylic acids is 1. The smallest absolute Gasteiger partial charge is 0.150 e. The third kappa shape index (κ3) is 1.75. The van der Waals surface area contributed by atoms with E-state index in [0.717, 1.165) is 23.0 Å². The normalized spacial score (nSPS) is 10.7. The lowest BCUT2D eigenvalue weighted by Gasteiger charge is -2.07. The molecule has 0 N–H and O–H groups in total. The Bertz CT molecular complexity index is 725.